The minimum absolute atomic E-state index is 0.0302. The molecule has 0 spiro atoms. The second-order valence-corrected chi connectivity index (χ2v) is 13.4. The van der Waals surface area contributed by atoms with Crippen LogP contribution in [0, 0.1) is 0 Å². The Kier molecular flexibility index (Phi) is 18.4. The Balaban J connectivity index is 2.97. The van der Waals surface area contributed by atoms with Crippen LogP contribution >= 0.6 is 0 Å². The van der Waals surface area contributed by atoms with E-state index in [0.717, 1.165) is 38.5 Å². The molecule has 2 aromatic carbocycles. The Hall–Kier alpha value is -3.21. The molecule has 268 valence electrons. The van der Waals surface area contributed by atoms with Gasteiger partial charge in [-0.2, -0.15) is 0 Å². The molecule has 0 fully saturated rings. The van der Waals surface area contributed by atoms with E-state index in [1.54, 1.807) is 0 Å². The van der Waals surface area contributed by atoms with Crippen LogP contribution < -0.4 is 28.4 Å². The smallest absolute Gasteiger partial charge is 0.214 e. The Morgan fingerprint density at radius 3 is 0.979 bits per heavy atom. The van der Waals surface area contributed by atoms with Gasteiger partial charge in [0, 0.05) is 12.1 Å². The average Bonchev–Trinajstić information content (AvgIpc) is 3.05. The fourth-order valence-corrected chi connectivity index (χ4v) is 5.93. The van der Waals surface area contributed by atoms with Crippen molar-refractivity contribution < 1.29 is 47.1 Å². The molecule has 0 saturated heterocycles. The number of rotatable bonds is 26. The molecule has 0 heterocycles. The quantitative estimate of drug-likeness (QED) is 0.0927. The Labute approximate surface area is 282 Å². The van der Waals surface area contributed by atoms with E-state index in [2.05, 4.69) is 0 Å². The normalized spacial score (nSPS) is 11.4. The molecule has 0 aliphatic carbocycles. The van der Waals surface area contributed by atoms with Crippen LogP contribution in [0.1, 0.15) is 119 Å². The fourth-order valence-electron chi connectivity index (χ4n) is 4.37. The Bertz CT molecular complexity index is 1220. The highest BCUT2D eigenvalue weighted by molar-refractivity contribution is 7.91. The highest BCUT2D eigenvalue weighted by Gasteiger charge is 2.36. The number of phenolic OH excluding ortho intramolecular Hbond substituents is 2. The molecule has 0 atom stereocenters. The summed E-state index contributed by atoms with van der Waals surface area (Å²) in [6, 6.07) is 2.57. The van der Waals surface area contributed by atoms with E-state index in [-0.39, 0.29) is 95.4 Å². The van der Waals surface area contributed by atoms with Gasteiger partial charge in [0.2, 0.25) is 32.8 Å². The van der Waals surface area contributed by atoms with Gasteiger partial charge in [-0.3, -0.25) is 0 Å². The summed E-state index contributed by atoms with van der Waals surface area (Å²) < 4.78 is 66.0. The van der Waals surface area contributed by atoms with Crippen molar-refractivity contribution in [3.05, 3.63) is 12.1 Å². The summed E-state index contributed by atoms with van der Waals surface area (Å²) in [6.45, 7) is 13.4. The highest BCUT2D eigenvalue weighted by Crippen LogP contribution is 2.53. The number of phenols is 2. The van der Waals surface area contributed by atoms with Crippen molar-refractivity contribution in [2.45, 2.75) is 128 Å². The summed E-state index contributed by atoms with van der Waals surface area (Å²) in [4.78, 5) is -0.510. The van der Waals surface area contributed by atoms with Gasteiger partial charge in [-0.25, -0.2) is 8.42 Å². The van der Waals surface area contributed by atoms with Crippen molar-refractivity contribution in [1.82, 2.24) is 0 Å². The van der Waals surface area contributed by atoms with Gasteiger partial charge < -0.3 is 38.6 Å². The lowest BCUT2D eigenvalue weighted by atomic mass is 10.2. The lowest BCUT2D eigenvalue weighted by Crippen LogP contribution is -2.13. The predicted octanol–water partition coefficient (Wildman–Crippen LogP) is 9.00. The van der Waals surface area contributed by atoms with E-state index in [0.29, 0.717) is 38.5 Å². The van der Waals surface area contributed by atoms with Gasteiger partial charge in [0.15, 0.2) is 23.0 Å². The van der Waals surface area contributed by atoms with Crippen LogP contribution in [0.5, 0.6) is 46.0 Å². The van der Waals surface area contributed by atoms with Gasteiger partial charge in [0.25, 0.3) is 0 Å². The molecule has 11 heteroatoms. The molecule has 0 saturated carbocycles. The van der Waals surface area contributed by atoms with Crippen molar-refractivity contribution >= 4 is 9.84 Å². The van der Waals surface area contributed by atoms with Crippen LogP contribution in [0.3, 0.4) is 0 Å². The lowest BCUT2D eigenvalue weighted by Gasteiger charge is -2.23. The molecule has 0 unspecified atom stereocenters. The zero-order valence-electron chi connectivity index (χ0n) is 29.5. The molecular weight excluding hydrogens is 624 g/mol. The third kappa shape index (κ3) is 11.5. The van der Waals surface area contributed by atoms with Crippen LogP contribution in [-0.2, 0) is 9.84 Å². The number of sulfone groups is 1. The standard InChI is InChI=1S/C36H58O10S/c1-7-13-19-41-27-25-29(33(43-21-15-9-3)35(31(27)37)45-23-17-11-5)47(39,40)30-26-28(42-20-14-8-2)32(38)36(46-24-18-12-6)34(30)44-22-16-10-4/h25-26,37-38H,7-24H2,1-6H3. The molecule has 0 aromatic heterocycles. The summed E-state index contributed by atoms with van der Waals surface area (Å²) in [7, 11) is -4.51. The summed E-state index contributed by atoms with van der Waals surface area (Å²) in [5, 5.41) is 22.7. The van der Waals surface area contributed by atoms with Crippen molar-refractivity contribution in [2.75, 3.05) is 39.6 Å². The number of hydrogen-bond donors (Lipinski definition) is 2. The molecule has 2 N–H and O–H groups in total. The molecule has 47 heavy (non-hydrogen) atoms. The maximum atomic E-state index is 14.9. The van der Waals surface area contributed by atoms with Gasteiger partial charge in [0.05, 0.1) is 39.6 Å². The van der Waals surface area contributed by atoms with E-state index in [9.17, 15) is 18.6 Å². The average molecular weight is 683 g/mol. The minimum atomic E-state index is -4.51. The molecule has 2 aromatic rings. The second-order valence-electron chi connectivity index (χ2n) is 11.5. The van der Waals surface area contributed by atoms with Gasteiger partial charge in [-0.1, -0.05) is 80.1 Å². The predicted molar refractivity (Wildman–Crippen MR) is 184 cm³/mol. The summed E-state index contributed by atoms with van der Waals surface area (Å²) in [5.41, 5.74) is 0. The second kappa shape index (κ2) is 21.6. The monoisotopic (exact) mass is 682 g/mol. The zero-order valence-corrected chi connectivity index (χ0v) is 30.3. The summed E-state index contributed by atoms with van der Waals surface area (Å²) in [6.07, 6.45) is 9.04. The first-order valence-corrected chi connectivity index (χ1v) is 19.0. The van der Waals surface area contributed by atoms with E-state index < -0.39 is 9.84 Å². The fraction of sp³-hybridized carbons (Fsp3) is 0.667. The number of aromatic hydroxyl groups is 2. The van der Waals surface area contributed by atoms with E-state index in [1.165, 1.54) is 12.1 Å². The van der Waals surface area contributed by atoms with E-state index in [4.69, 9.17) is 28.4 Å². The molecule has 0 bridgehead atoms. The summed E-state index contributed by atoms with van der Waals surface area (Å²) >= 11 is 0. The first-order valence-electron chi connectivity index (χ1n) is 17.5. The highest BCUT2D eigenvalue weighted by atomic mass is 32.2. The maximum absolute atomic E-state index is 14.9. The largest absolute Gasteiger partial charge is 0.502 e. The molecule has 0 aliphatic heterocycles. The first-order chi connectivity index (χ1) is 22.7. The molecule has 0 amide bonds. The Morgan fingerprint density at radius 1 is 0.447 bits per heavy atom. The van der Waals surface area contributed by atoms with Gasteiger partial charge in [0.1, 0.15) is 9.79 Å². The van der Waals surface area contributed by atoms with Crippen LogP contribution in [0.15, 0.2) is 21.9 Å². The first kappa shape index (κ1) is 40.0. The maximum Gasteiger partial charge on any atom is 0.214 e. The molecule has 10 nitrogen and oxygen atoms in total. The van der Waals surface area contributed by atoms with Crippen LogP contribution in [0.4, 0.5) is 0 Å². The third-order valence-corrected chi connectivity index (χ3v) is 9.11. The van der Waals surface area contributed by atoms with Crippen molar-refractivity contribution in [3.63, 3.8) is 0 Å². The molecular formula is C36H58O10S. The van der Waals surface area contributed by atoms with Crippen LogP contribution in [-0.4, -0.2) is 58.3 Å². The number of unbranched alkanes of at least 4 members (excludes halogenated alkanes) is 6. The topological polar surface area (TPSA) is 130 Å². The summed E-state index contributed by atoms with van der Waals surface area (Å²) in [5.74, 6) is -1.09. The van der Waals surface area contributed by atoms with Crippen molar-refractivity contribution in [1.29, 1.82) is 0 Å². The Morgan fingerprint density at radius 2 is 0.702 bits per heavy atom. The third-order valence-electron chi connectivity index (χ3n) is 7.35. The van der Waals surface area contributed by atoms with E-state index >= 15 is 0 Å². The lowest BCUT2D eigenvalue weighted by molar-refractivity contribution is 0.234. The SMILES string of the molecule is CCCCOc1cc(S(=O)(=O)c2cc(OCCCC)c(O)c(OCCCC)c2OCCCC)c(OCCCC)c(OCCCC)c1O. The molecule has 2 rings (SSSR count). The van der Waals surface area contributed by atoms with Crippen LogP contribution in [0.25, 0.3) is 0 Å². The number of hydrogen-bond acceptors (Lipinski definition) is 10. The van der Waals surface area contributed by atoms with Gasteiger partial charge in [-0.15, -0.1) is 0 Å². The number of ether oxygens (including phenoxy) is 6. The number of benzene rings is 2. The van der Waals surface area contributed by atoms with Crippen LogP contribution in [0.2, 0.25) is 0 Å². The molecule has 0 aliphatic rings. The van der Waals surface area contributed by atoms with Gasteiger partial charge >= 0.3 is 0 Å². The minimum Gasteiger partial charge on any atom is -0.502 e. The van der Waals surface area contributed by atoms with E-state index in [1.807, 2.05) is 41.5 Å². The zero-order chi connectivity index (χ0) is 34.7. The van der Waals surface area contributed by atoms with Crippen molar-refractivity contribution in [2.24, 2.45) is 0 Å². The molecule has 0 radical (unpaired) electrons. The van der Waals surface area contributed by atoms with Crippen molar-refractivity contribution in [3.8, 4) is 46.0 Å². The van der Waals surface area contributed by atoms with Gasteiger partial charge in [-0.05, 0) is 38.5 Å².